The molecule has 2 N–H and O–H groups in total. The van der Waals surface area contributed by atoms with Gasteiger partial charge in [-0.3, -0.25) is 14.8 Å². The molecule has 0 aliphatic rings. The molecule has 2 rings (SSSR count). The first-order valence-electron chi connectivity index (χ1n) is 6.73. The smallest absolute Gasteiger partial charge is 0.259 e. The Kier molecular flexibility index (Phi) is 6.07. The number of aromatic nitrogens is 2. The average molecular weight is 407 g/mol. The van der Waals surface area contributed by atoms with Gasteiger partial charge in [0.05, 0.1) is 16.8 Å². The molecule has 24 heavy (non-hydrogen) atoms. The fraction of sp³-hybridized carbons (Fsp3) is 0.308. The van der Waals surface area contributed by atoms with Crippen molar-refractivity contribution in [1.29, 1.82) is 0 Å². The van der Waals surface area contributed by atoms with Crippen LogP contribution in [0.4, 0.5) is 10.8 Å². The van der Waals surface area contributed by atoms with Gasteiger partial charge in [0.25, 0.3) is 5.91 Å². The molecule has 0 saturated heterocycles. The third kappa shape index (κ3) is 5.62. The minimum absolute atomic E-state index is 0.138. The lowest BCUT2D eigenvalue weighted by molar-refractivity contribution is 0.102. The molecule has 7 nitrogen and oxygen atoms in total. The van der Waals surface area contributed by atoms with E-state index in [1.54, 1.807) is 11.8 Å². The summed E-state index contributed by atoms with van der Waals surface area (Å²) in [6, 6.07) is 4.29. The number of benzene rings is 1. The van der Waals surface area contributed by atoms with E-state index in [2.05, 4.69) is 20.2 Å². The number of nitrogens with one attached hydrogen (secondary N) is 2. The molecule has 0 aliphatic carbocycles. The van der Waals surface area contributed by atoms with Crippen LogP contribution in [0.25, 0.3) is 0 Å². The zero-order valence-corrected chi connectivity index (χ0v) is 16.2. The number of anilines is 2. The van der Waals surface area contributed by atoms with Crippen molar-refractivity contribution >= 4 is 61.4 Å². The highest BCUT2D eigenvalue weighted by molar-refractivity contribution is 8.01. The summed E-state index contributed by atoms with van der Waals surface area (Å²) in [6.07, 6.45) is 1.02. The quantitative estimate of drug-likeness (QED) is 0.563. The Balaban J connectivity index is 2.17. The van der Waals surface area contributed by atoms with Gasteiger partial charge in [-0.05, 0) is 18.2 Å². The molecule has 0 radical (unpaired) electrons. The van der Waals surface area contributed by atoms with Gasteiger partial charge in [-0.15, -0.1) is 10.2 Å². The Bertz CT molecular complexity index is 852. The van der Waals surface area contributed by atoms with Crippen LogP contribution in [0.5, 0.6) is 0 Å². The first-order chi connectivity index (χ1) is 11.1. The number of sulfonamides is 1. The van der Waals surface area contributed by atoms with E-state index in [1.807, 2.05) is 13.8 Å². The molecule has 0 fully saturated rings. The Labute approximate surface area is 153 Å². The van der Waals surface area contributed by atoms with Gasteiger partial charge in [0.2, 0.25) is 15.2 Å². The molecule has 0 spiro atoms. The highest BCUT2D eigenvalue weighted by atomic mass is 35.5. The predicted octanol–water partition coefficient (Wildman–Crippen LogP) is 3.32. The van der Waals surface area contributed by atoms with Crippen molar-refractivity contribution in [2.75, 3.05) is 16.3 Å². The molecular weight excluding hydrogens is 392 g/mol. The van der Waals surface area contributed by atoms with Crippen LogP contribution in [0.1, 0.15) is 24.2 Å². The molecule has 2 aromatic rings. The van der Waals surface area contributed by atoms with Gasteiger partial charge in [-0.1, -0.05) is 48.5 Å². The number of thioether (sulfide) groups is 1. The number of nitrogens with zero attached hydrogens (tertiary/aromatic N) is 2. The van der Waals surface area contributed by atoms with Crippen molar-refractivity contribution in [3.8, 4) is 0 Å². The summed E-state index contributed by atoms with van der Waals surface area (Å²) >= 11 is 8.83. The number of halogens is 1. The van der Waals surface area contributed by atoms with Crippen LogP contribution in [-0.2, 0) is 10.0 Å². The van der Waals surface area contributed by atoms with E-state index in [-0.39, 0.29) is 16.3 Å². The molecule has 0 unspecified atom stereocenters. The van der Waals surface area contributed by atoms with E-state index in [0.717, 1.165) is 10.6 Å². The molecule has 1 aromatic heterocycles. The highest BCUT2D eigenvalue weighted by Gasteiger charge is 2.15. The minimum Gasteiger partial charge on any atom is -0.296 e. The Hall–Kier alpha value is -1.36. The summed E-state index contributed by atoms with van der Waals surface area (Å²) < 4.78 is 25.6. The van der Waals surface area contributed by atoms with Crippen molar-refractivity contribution < 1.29 is 13.2 Å². The molecule has 130 valence electrons. The van der Waals surface area contributed by atoms with Crippen molar-refractivity contribution in [3.05, 3.63) is 28.8 Å². The summed E-state index contributed by atoms with van der Waals surface area (Å²) in [6.45, 7) is 4.06. The maximum atomic E-state index is 12.3. The predicted molar refractivity (Wildman–Crippen MR) is 98.8 cm³/mol. The van der Waals surface area contributed by atoms with Crippen LogP contribution in [0.3, 0.4) is 0 Å². The molecular formula is C13H15ClN4O3S3. The van der Waals surface area contributed by atoms with Crippen molar-refractivity contribution in [2.45, 2.75) is 23.4 Å². The van der Waals surface area contributed by atoms with Gasteiger partial charge in [-0.2, -0.15) is 0 Å². The van der Waals surface area contributed by atoms with Crippen molar-refractivity contribution in [1.82, 2.24) is 10.2 Å². The molecule has 1 amide bonds. The summed E-state index contributed by atoms with van der Waals surface area (Å²) in [7, 11) is -3.45. The van der Waals surface area contributed by atoms with E-state index in [0.29, 0.717) is 10.4 Å². The second kappa shape index (κ2) is 7.68. The number of rotatable bonds is 6. The van der Waals surface area contributed by atoms with Crippen molar-refractivity contribution in [3.63, 3.8) is 0 Å². The van der Waals surface area contributed by atoms with Gasteiger partial charge in [0.1, 0.15) is 0 Å². The maximum Gasteiger partial charge on any atom is 0.259 e. The van der Waals surface area contributed by atoms with Gasteiger partial charge in [-0.25, -0.2) is 8.42 Å². The van der Waals surface area contributed by atoms with E-state index in [4.69, 9.17) is 11.6 Å². The molecule has 1 heterocycles. The summed E-state index contributed by atoms with van der Waals surface area (Å²) in [5.41, 5.74) is 0.388. The number of carbonyl (C=O) groups is 1. The fourth-order valence-corrected chi connectivity index (χ4v) is 4.38. The van der Waals surface area contributed by atoms with Gasteiger partial charge in [0.15, 0.2) is 4.34 Å². The highest BCUT2D eigenvalue weighted by Crippen LogP contribution is 2.29. The lowest BCUT2D eigenvalue weighted by atomic mass is 10.2. The summed E-state index contributed by atoms with van der Waals surface area (Å²) in [4.78, 5) is 12.3. The molecule has 0 atom stereocenters. The average Bonchev–Trinajstić information content (AvgIpc) is 2.85. The number of hydrogen-bond donors (Lipinski definition) is 2. The molecule has 0 saturated carbocycles. The molecule has 11 heteroatoms. The lowest BCUT2D eigenvalue weighted by Crippen LogP contribution is -2.14. The Morgan fingerprint density at radius 2 is 2.04 bits per heavy atom. The fourth-order valence-electron chi connectivity index (χ4n) is 1.65. The van der Waals surface area contributed by atoms with Gasteiger partial charge in [0, 0.05) is 10.9 Å². The zero-order chi connectivity index (χ0) is 17.9. The van der Waals surface area contributed by atoms with Gasteiger partial charge < -0.3 is 0 Å². The second-order valence-electron chi connectivity index (χ2n) is 5.06. The van der Waals surface area contributed by atoms with Crippen LogP contribution in [0.15, 0.2) is 22.5 Å². The topological polar surface area (TPSA) is 101 Å². The minimum atomic E-state index is -3.45. The lowest BCUT2D eigenvalue weighted by Gasteiger charge is -2.08. The van der Waals surface area contributed by atoms with Crippen molar-refractivity contribution in [2.24, 2.45) is 0 Å². The SMILES string of the molecule is CC(C)Sc1nnc(NC(=O)c2cc(NS(C)(=O)=O)ccc2Cl)s1. The van der Waals surface area contributed by atoms with Crippen LogP contribution < -0.4 is 10.0 Å². The summed E-state index contributed by atoms with van der Waals surface area (Å²) in [5.74, 6) is -0.491. The largest absolute Gasteiger partial charge is 0.296 e. The Morgan fingerprint density at radius 3 is 2.67 bits per heavy atom. The third-order valence-corrected chi connectivity index (χ3v) is 5.34. The number of amides is 1. The van der Waals surface area contributed by atoms with Crippen LogP contribution in [-0.4, -0.2) is 36.0 Å². The molecule has 0 bridgehead atoms. The number of hydrogen-bond acceptors (Lipinski definition) is 7. The van der Waals surface area contributed by atoms with E-state index in [9.17, 15) is 13.2 Å². The standard InChI is InChI=1S/C13H15ClN4O3S3/c1-7(2)22-13-17-16-12(23-13)15-11(19)9-6-8(4-5-10(9)14)18-24(3,20)21/h4-7,18H,1-3H3,(H,15,16,19). The van der Waals surface area contributed by atoms with E-state index >= 15 is 0 Å². The Morgan fingerprint density at radius 1 is 1.33 bits per heavy atom. The normalized spacial score (nSPS) is 11.5. The monoisotopic (exact) mass is 406 g/mol. The van der Waals surface area contributed by atoms with Crippen LogP contribution in [0.2, 0.25) is 5.02 Å². The summed E-state index contributed by atoms with van der Waals surface area (Å²) in [5, 5.41) is 11.4. The van der Waals surface area contributed by atoms with Crippen LogP contribution in [0, 0.1) is 0 Å². The second-order valence-corrected chi connectivity index (χ2v) is 10.0. The molecule has 1 aromatic carbocycles. The molecule has 0 aliphatic heterocycles. The van der Waals surface area contributed by atoms with Gasteiger partial charge >= 0.3 is 0 Å². The van der Waals surface area contributed by atoms with E-state index in [1.165, 1.54) is 29.5 Å². The van der Waals surface area contributed by atoms with Crippen LogP contribution >= 0.6 is 34.7 Å². The first-order valence-corrected chi connectivity index (χ1v) is 10.7. The van der Waals surface area contributed by atoms with E-state index < -0.39 is 15.9 Å². The number of carbonyl (C=O) groups excluding carboxylic acids is 1. The first kappa shape index (κ1) is 19.0. The maximum absolute atomic E-state index is 12.3. The zero-order valence-electron chi connectivity index (χ0n) is 13.0. The third-order valence-electron chi connectivity index (χ3n) is 2.48.